The van der Waals surface area contributed by atoms with Crippen molar-refractivity contribution in [3.8, 4) is 28.4 Å². The van der Waals surface area contributed by atoms with Crippen molar-refractivity contribution in [2.45, 2.75) is 13.3 Å². The SMILES string of the molecule is COc1ccccc1-n1nc(C(=O)NCCc2ccc(-c3csc(C)n3)cc2)c(O)cc1=O. The minimum Gasteiger partial charge on any atom is -0.505 e. The number of hydrogen-bond acceptors (Lipinski definition) is 7. The lowest BCUT2D eigenvalue weighted by molar-refractivity contribution is 0.0944. The van der Waals surface area contributed by atoms with Crippen molar-refractivity contribution in [2.75, 3.05) is 13.7 Å². The maximum absolute atomic E-state index is 12.7. The van der Waals surface area contributed by atoms with E-state index in [0.29, 0.717) is 24.4 Å². The van der Waals surface area contributed by atoms with Crippen molar-refractivity contribution < 1.29 is 14.6 Å². The van der Waals surface area contributed by atoms with E-state index in [1.54, 1.807) is 35.6 Å². The molecule has 0 bridgehead atoms. The van der Waals surface area contributed by atoms with Gasteiger partial charge in [0.25, 0.3) is 11.5 Å². The number of methoxy groups -OCH3 is 1. The Morgan fingerprint density at radius 3 is 2.64 bits per heavy atom. The first-order valence-corrected chi connectivity index (χ1v) is 11.1. The highest BCUT2D eigenvalue weighted by Crippen LogP contribution is 2.23. The lowest BCUT2D eigenvalue weighted by Crippen LogP contribution is -2.30. The molecule has 33 heavy (non-hydrogen) atoms. The number of hydrogen-bond donors (Lipinski definition) is 2. The van der Waals surface area contributed by atoms with E-state index >= 15 is 0 Å². The molecule has 1 amide bonds. The molecule has 0 saturated carbocycles. The number of benzene rings is 2. The normalized spacial score (nSPS) is 10.7. The van der Waals surface area contributed by atoms with Gasteiger partial charge in [-0.25, -0.2) is 4.98 Å². The number of rotatable bonds is 7. The van der Waals surface area contributed by atoms with Gasteiger partial charge in [-0.05, 0) is 31.0 Å². The van der Waals surface area contributed by atoms with Crippen LogP contribution in [0.25, 0.3) is 16.9 Å². The molecular weight excluding hydrogens is 440 g/mol. The third-order valence-corrected chi connectivity index (χ3v) is 5.78. The summed E-state index contributed by atoms with van der Waals surface area (Å²) in [4.78, 5) is 29.5. The van der Waals surface area contributed by atoms with Crippen molar-refractivity contribution in [2.24, 2.45) is 0 Å². The fraction of sp³-hybridized carbons (Fsp3) is 0.167. The number of aromatic nitrogens is 3. The molecule has 0 aliphatic heterocycles. The fourth-order valence-electron chi connectivity index (χ4n) is 3.33. The maximum atomic E-state index is 12.7. The van der Waals surface area contributed by atoms with Gasteiger partial charge in [0.2, 0.25) is 0 Å². The largest absolute Gasteiger partial charge is 0.505 e. The van der Waals surface area contributed by atoms with E-state index < -0.39 is 17.2 Å². The number of aromatic hydroxyl groups is 1. The van der Waals surface area contributed by atoms with Crippen LogP contribution in [0.4, 0.5) is 0 Å². The molecule has 4 rings (SSSR count). The molecule has 0 spiro atoms. The van der Waals surface area contributed by atoms with Crippen LogP contribution in [0.15, 0.2) is 64.8 Å². The van der Waals surface area contributed by atoms with Gasteiger partial charge < -0.3 is 15.2 Å². The summed E-state index contributed by atoms with van der Waals surface area (Å²) in [5.74, 6) is -0.641. The summed E-state index contributed by atoms with van der Waals surface area (Å²) in [7, 11) is 1.47. The number of thiazole rings is 1. The Labute approximate surface area is 194 Å². The quantitative estimate of drug-likeness (QED) is 0.436. The number of carbonyl (C=O) groups excluding carboxylic acids is 1. The molecule has 0 saturated heterocycles. The molecule has 0 aliphatic carbocycles. The van der Waals surface area contributed by atoms with Gasteiger partial charge >= 0.3 is 0 Å². The highest BCUT2D eigenvalue weighted by Gasteiger charge is 2.18. The lowest BCUT2D eigenvalue weighted by Gasteiger charge is -2.12. The Hall–Kier alpha value is -3.98. The number of para-hydroxylation sites is 2. The Morgan fingerprint density at radius 1 is 1.18 bits per heavy atom. The molecule has 2 heterocycles. The molecule has 9 heteroatoms. The van der Waals surface area contributed by atoms with Gasteiger partial charge in [-0.1, -0.05) is 36.4 Å². The van der Waals surface area contributed by atoms with Crippen LogP contribution in [0.5, 0.6) is 11.5 Å². The lowest BCUT2D eigenvalue weighted by atomic mass is 10.1. The van der Waals surface area contributed by atoms with E-state index in [0.717, 1.165) is 32.6 Å². The van der Waals surface area contributed by atoms with Gasteiger partial charge in [0.15, 0.2) is 11.4 Å². The van der Waals surface area contributed by atoms with Crippen LogP contribution in [-0.4, -0.2) is 39.4 Å². The summed E-state index contributed by atoms with van der Waals surface area (Å²) in [5.41, 5.74) is 2.58. The zero-order valence-electron chi connectivity index (χ0n) is 18.1. The summed E-state index contributed by atoms with van der Waals surface area (Å²) in [6.45, 7) is 2.31. The second kappa shape index (κ2) is 9.66. The Balaban J connectivity index is 1.45. The summed E-state index contributed by atoms with van der Waals surface area (Å²) >= 11 is 1.61. The maximum Gasteiger partial charge on any atom is 0.275 e. The summed E-state index contributed by atoms with van der Waals surface area (Å²) in [6.07, 6.45) is 0.592. The van der Waals surface area contributed by atoms with E-state index in [-0.39, 0.29) is 5.69 Å². The van der Waals surface area contributed by atoms with Crippen LogP contribution in [0, 0.1) is 6.92 Å². The minimum atomic E-state index is -0.580. The minimum absolute atomic E-state index is 0.241. The van der Waals surface area contributed by atoms with Crippen molar-refractivity contribution in [1.82, 2.24) is 20.1 Å². The molecule has 8 nitrogen and oxygen atoms in total. The predicted octanol–water partition coefficient (Wildman–Crippen LogP) is 3.35. The van der Waals surface area contributed by atoms with E-state index in [1.807, 2.05) is 36.6 Å². The van der Waals surface area contributed by atoms with Gasteiger partial charge in [-0.2, -0.15) is 9.78 Å². The van der Waals surface area contributed by atoms with Gasteiger partial charge in [-0.3, -0.25) is 9.59 Å². The van der Waals surface area contributed by atoms with Crippen molar-refractivity contribution in [3.05, 3.63) is 86.6 Å². The van der Waals surface area contributed by atoms with Crippen LogP contribution >= 0.6 is 11.3 Å². The second-order valence-electron chi connectivity index (χ2n) is 7.25. The molecule has 0 radical (unpaired) electrons. The third-order valence-electron chi connectivity index (χ3n) is 5.01. The Kier molecular flexibility index (Phi) is 6.50. The molecule has 168 valence electrons. The number of amides is 1. The number of aryl methyl sites for hydroxylation is 1. The fourth-order valence-corrected chi connectivity index (χ4v) is 3.95. The third kappa shape index (κ3) is 4.93. The van der Waals surface area contributed by atoms with Crippen molar-refractivity contribution in [3.63, 3.8) is 0 Å². The Bertz CT molecular complexity index is 1350. The van der Waals surface area contributed by atoms with Crippen LogP contribution in [0.1, 0.15) is 21.1 Å². The topological polar surface area (TPSA) is 106 Å². The van der Waals surface area contributed by atoms with Crippen LogP contribution in [-0.2, 0) is 6.42 Å². The highest BCUT2D eigenvalue weighted by atomic mass is 32.1. The molecule has 0 atom stereocenters. The van der Waals surface area contributed by atoms with Gasteiger partial charge in [0.1, 0.15) is 11.4 Å². The Morgan fingerprint density at radius 2 is 1.94 bits per heavy atom. The molecule has 4 aromatic rings. The smallest absolute Gasteiger partial charge is 0.275 e. The second-order valence-corrected chi connectivity index (χ2v) is 8.32. The summed E-state index contributed by atoms with van der Waals surface area (Å²) < 4.78 is 6.30. The van der Waals surface area contributed by atoms with E-state index in [2.05, 4.69) is 15.4 Å². The predicted molar refractivity (Wildman–Crippen MR) is 126 cm³/mol. The first kappa shape index (κ1) is 22.2. The monoisotopic (exact) mass is 462 g/mol. The van der Waals surface area contributed by atoms with Crippen LogP contribution in [0.3, 0.4) is 0 Å². The van der Waals surface area contributed by atoms with Crippen LogP contribution in [0.2, 0.25) is 0 Å². The number of carbonyl (C=O) groups is 1. The first-order chi connectivity index (χ1) is 16.0. The molecule has 2 aromatic heterocycles. The number of nitrogens with zero attached hydrogens (tertiary/aromatic N) is 3. The van der Waals surface area contributed by atoms with Crippen LogP contribution < -0.4 is 15.6 Å². The summed E-state index contributed by atoms with van der Waals surface area (Å²) in [6, 6.07) is 15.8. The highest BCUT2D eigenvalue weighted by molar-refractivity contribution is 7.09. The molecule has 2 N–H and O–H groups in total. The first-order valence-electron chi connectivity index (χ1n) is 10.2. The number of ether oxygens (including phenoxy) is 1. The number of nitrogens with one attached hydrogen (secondary N) is 1. The average molecular weight is 463 g/mol. The van der Waals surface area contributed by atoms with Crippen molar-refractivity contribution >= 4 is 17.2 Å². The van der Waals surface area contributed by atoms with Gasteiger partial charge in [0, 0.05) is 23.6 Å². The van der Waals surface area contributed by atoms with E-state index in [9.17, 15) is 14.7 Å². The van der Waals surface area contributed by atoms with E-state index in [4.69, 9.17) is 4.74 Å². The molecule has 0 unspecified atom stereocenters. The zero-order valence-corrected chi connectivity index (χ0v) is 18.9. The van der Waals surface area contributed by atoms with Gasteiger partial charge in [-0.15, -0.1) is 11.3 Å². The molecule has 2 aromatic carbocycles. The zero-order chi connectivity index (χ0) is 23.4. The van der Waals surface area contributed by atoms with E-state index in [1.165, 1.54) is 7.11 Å². The average Bonchev–Trinajstić information content (AvgIpc) is 3.26. The molecule has 0 aliphatic rings. The molecular formula is C24H22N4O4S. The van der Waals surface area contributed by atoms with Crippen molar-refractivity contribution in [1.29, 1.82) is 0 Å². The summed E-state index contributed by atoms with van der Waals surface area (Å²) in [5, 5.41) is 20.0. The van der Waals surface area contributed by atoms with Gasteiger partial charge in [0.05, 0.1) is 17.8 Å². The molecule has 0 fully saturated rings. The standard InChI is InChI=1S/C24H22N4O4S/c1-15-26-18(14-33-15)17-9-7-16(8-10-17)11-12-25-24(31)23-20(29)13-22(30)28(27-23)19-5-3-4-6-21(19)32-2/h3-10,13-14,29H,11-12H2,1-2H3,(H,25,31).